The molecule has 0 bridgehead atoms. The van der Waals surface area contributed by atoms with Crippen LogP contribution in [0.1, 0.15) is 72.3 Å². The van der Waals surface area contributed by atoms with Crippen molar-refractivity contribution in [1.29, 1.82) is 0 Å². The van der Waals surface area contributed by atoms with E-state index in [0.717, 1.165) is 5.56 Å². The minimum Gasteiger partial charge on any atom is -0.480 e. The van der Waals surface area contributed by atoms with Gasteiger partial charge in [0.25, 0.3) is 5.91 Å². The van der Waals surface area contributed by atoms with E-state index < -0.39 is 71.7 Å². The molecule has 0 radical (unpaired) electrons. The Morgan fingerprint density at radius 1 is 1.08 bits per heavy atom. The molecule has 52 heavy (non-hydrogen) atoms. The number of nitrogens with zero attached hydrogens (tertiary/aromatic N) is 2. The van der Waals surface area contributed by atoms with Gasteiger partial charge < -0.3 is 40.3 Å². The van der Waals surface area contributed by atoms with Crippen molar-refractivity contribution in [3.05, 3.63) is 35.9 Å². The van der Waals surface area contributed by atoms with Crippen LogP contribution in [0.5, 0.6) is 0 Å². The summed E-state index contributed by atoms with van der Waals surface area (Å²) >= 11 is 0. The van der Waals surface area contributed by atoms with Gasteiger partial charge in [-0.1, -0.05) is 71.4 Å². The van der Waals surface area contributed by atoms with Crippen molar-refractivity contribution in [1.82, 2.24) is 25.8 Å². The van der Waals surface area contributed by atoms with E-state index in [9.17, 15) is 29.1 Å². The largest absolute Gasteiger partial charge is 0.480 e. The highest BCUT2D eigenvalue weighted by Crippen LogP contribution is 2.30. The van der Waals surface area contributed by atoms with Crippen molar-refractivity contribution < 1.29 is 42.9 Å². The van der Waals surface area contributed by atoms with Crippen LogP contribution >= 0.6 is 0 Å². The summed E-state index contributed by atoms with van der Waals surface area (Å²) in [6, 6.07) is 5.90. The maximum atomic E-state index is 15.3. The van der Waals surface area contributed by atoms with Crippen LogP contribution in [0.25, 0.3) is 0 Å². The number of carbonyl (C=O) groups excluding carboxylic acids is 4. The summed E-state index contributed by atoms with van der Waals surface area (Å²) in [5.74, 6) is -4.31. The monoisotopic (exact) mass is 733 g/mol. The number of amides is 4. The summed E-state index contributed by atoms with van der Waals surface area (Å²) < 4.78 is 27.0. The van der Waals surface area contributed by atoms with E-state index in [0.29, 0.717) is 32.4 Å². The Balaban J connectivity index is 1.76. The topological polar surface area (TPSA) is 167 Å². The second kappa shape index (κ2) is 19.5. The number of aliphatic carboxylic acids is 1. The summed E-state index contributed by atoms with van der Waals surface area (Å²) in [5, 5.41) is 18.0. The number of likely N-dealkylation sites (tertiary alicyclic amines) is 1. The number of hydrogen-bond acceptors (Lipinski definition) is 8. The van der Waals surface area contributed by atoms with Gasteiger partial charge in [-0.2, -0.15) is 0 Å². The van der Waals surface area contributed by atoms with Gasteiger partial charge in [-0.15, -0.1) is 0 Å². The molecule has 2 heterocycles. The highest BCUT2D eigenvalue weighted by molar-refractivity contribution is 5.92. The van der Waals surface area contributed by atoms with Crippen LogP contribution in [-0.4, -0.2) is 127 Å². The van der Waals surface area contributed by atoms with Gasteiger partial charge >= 0.3 is 5.97 Å². The first-order valence-corrected chi connectivity index (χ1v) is 18.5. The second-order valence-corrected chi connectivity index (χ2v) is 14.8. The first-order valence-electron chi connectivity index (χ1n) is 18.5. The van der Waals surface area contributed by atoms with Gasteiger partial charge in [0.2, 0.25) is 23.4 Å². The normalized spacial score (nSPS) is 22.9. The fraction of sp³-hybridized carbons (Fsp3) is 0.711. The average Bonchev–Trinajstić information content (AvgIpc) is 3.80. The van der Waals surface area contributed by atoms with Gasteiger partial charge in [0.1, 0.15) is 12.1 Å². The van der Waals surface area contributed by atoms with Gasteiger partial charge in [-0.25, -0.2) is 9.18 Å². The molecule has 0 spiro atoms. The van der Waals surface area contributed by atoms with E-state index >= 15 is 4.39 Å². The summed E-state index contributed by atoms with van der Waals surface area (Å²) in [5.41, 5.74) is -1.32. The maximum Gasteiger partial charge on any atom is 0.326 e. The van der Waals surface area contributed by atoms with E-state index in [2.05, 4.69) is 16.0 Å². The summed E-state index contributed by atoms with van der Waals surface area (Å²) in [6.45, 7) is 9.89. The molecule has 1 aromatic carbocycles. The number of benzene rings is 1. The summed E-state index contributed by atoms with van der Waals surface area (Å²) in [7, 11) is 4.60. The molecule has 2 fully saturated rings. The Morgan fingerprint density at radius 3 is 2.29 bits per heavy atom. The van der Waals surface area contributed by atoms with Crippen LogP contribution in [0.3, 0.4) is 0 Å². The minimum absolute atomic E-state index is 0.0268. The third kappa shape index (κ3) is 10.5. The van der Waals surface area contributed by atoms with E-state index in [-0.39, 0.29) is 43.6 Å². The molecule has 0 aliphatic carbocycles. The quantitative estimate of drug-likeness (QED) is 0.167. The zero-order chi connectivity index (χ0) is 38.7. The number of ether oxygens (including phenoxy) is 2. The van der Waals surface area contributed by atoms with E-state index in [1.54, 1.807) is 57.0 Å². The molecular weight excluding hydrogens is 673 g/mol. The van der Waals surface area contributed by atoms with Crippen molar-refractivity contribution in [2.24, 2.45) is 17.8 Å². The van der Waals surface area contributed by atoms with Crippen LogP contribution in [0.2, 0.25) is 0 Å². The lowest BCUT2D eigenvalue weighted by molar-refractivity contribution is -0.148. The lowest BCUT2D eigenvalue weighted by Crippen LogP contribution is -2.59. The summed E-state index contributed by atoms with van der Waals surface area (Å²) in [4.78, 5) is 69.8. The Hall–Kier alpha value is -3.62. The SMILES string of the molecule is CC[C@H](C)[C@@H]([C@@H](CC(=O)N1CCC[C@H]1[C@H](OC)[C@@H](C)C(=O)N[C@H](Cc1ccccc1)C(=O)O)OC)N(C)C(=O)[C@@H](NC(=O)[C@]1(F)CCNC1)C(C)C. The Kier molecular flexibility index (Phi) is 16.0. The van der Waals surface area contributed by atoms with E-state index in [4.69, 9.17) is 9.47 Å². The molecule has 2 aliphatic heterocycles. The number of carboxylic acids is 1. The third-order valence-electron chi connectivity index (χ3n) is 10.9. The fourth-order valence-corrected chi connectivity index (χ4v) is 7.52. The number of nitrogens with one attached hydrogen (secondary N) is 3. The van der Waals surface area contributed by atoms with Gasteiger partial charge in [0, 0.05) is 47.2 Å². The predicted molar refractivity (Wildman–Crippen MR) is 194 cm³/mol. The van der Waals surface area contributed by atoms with Crippen molar-refractivity contribution in [2.45, 2.75) is 115 Å². The molecule has 4 N–H and O–H groups in total. The van der Waals surface area contributed by atoms with Crippen LogP contribution in [0.4, 0.5) is 4.39 Å². The molecule has 0 aromatic heterocycles. The van der Waals surface area contributed by atoms with E-state index in [1.165, 1.54) is 19.1 Å². The van der Waals surface area contributed by atoms with E-state index in [1.807, 2.05) is 19.9 Å². The number of carbonyl (C=O) groups is 5. The van der Waals surface area contributed by atoms with Crippen LogP contribution in [0, 0.1) is 17.8 Å². The van der Waals surface area contributed by atoms with Gasteiger partial charge in [-0.05, 0) is 36.8 Å². The molecule has 9 atom stereocenters. The Labute approximate surface area is 307 Å². The number of rotatable bonds is 19. The first-order chi connectivity index (χ1) is 24.6. The standard InChI is InChI=1S/C38H60FN5O8/c1-9-24(4)32(43(6)35(47)31(23(2)3)42-37(50)38(39)17-18-40-22-38)29(51-7)21-30(45)44-19-13-16-28(44)33(52-8)25(5)34(46)41-27(36(48)49)20-26-14-11-10-12-15-26/h10-12,14-15,23-25,27-29,31-33,40H,9,13,16-22H2,1-8H3,(H,41,46)(H,42,50)(H,48,49)/t24-,25+,27+,28-,29+,31-,32-,33+,38-/m0/s1. The second-order valence-electron chi connectivity index (χ2n) is 14.8. The number of alkyl halides is 1. The van der Waals surface area contributed by atoms with Crippen molar-refractivity contribution in [3.63, 3.8) is 0 Å². The molecule has 13 nitrogen and oxygen atoms in total. The fourth-order valence-electron chi connectivity index (χ4n) is 7.52. The van der Waals surface area contributed by atoms with Gasteiger partial charge in [0.05, 0.1) is 36.6 Å². The van der Waals surface area contributed by atoms with Gasteiger partial charge in [0.15, 0.2) is 0 Å². The van der Waals surface area contributed by atoms with Crippen LogP contribution in [-0.2, 0) is 39.9 Å². The van der Waals surface area contributed by atoms with Crippen LogP contribution in [0.15, 0.2) is 30.3 Å². The van der Waals surface area contributed by atoms with Crippen LogP contribution < -0.4 is 16.0 Å². The molecule has 0 saturated carbocycles. The van der Waals surface area contributed by atoms with Crippen molar-refractivity contribution in [2.75, 3.05) is 40.9 Å². The molecular formula is C38H60FN5O8. The molecule has 1 aromatic rings. The number of carboxylic acid groups (broad SMARTS) is 1. The summed E-state index contributed by atoms with van der Waals surface area (Å²) in [6.07, 6.45) is 0.585. The zero-order valence-electron chi connectivity index (χ0n) is 32.0. The number of methoxy groups -OCH3 is 2. The predicted octanol–water partition coefficient (Wildman–Crippen LogP) is 2.56. The highest BCUT2D eigenvalue weighted by atomic mass is 19.1. The molecule has 3 rings (SSSR count). The molecule has 292 valence electrons. The van der Waals surface area contributed by atoms with Crippen molar-refractivity contribution in [3.8, 4) is 0 Å². The molecule has 14 heteroatoms. The Bertz CT molecular complexity index is 1360. The first kappa shape index (κ1) is 42.8. The highest BCUT2D eigenvalue weighted by Gasteiger charge is 2.46. The molecule has 2 aliphatic rings. The zero-order valence-corrected chi connectivity index (χ0v) is 32.0. The molecule has 0 unspecified atom stereocenters. The minimum atomic E-state index is -2.09. The maximum absolute atomic E-state index is 15.3. The Morgan fingerprint density at radius 2 is 1.75 bits per heavy atom. The number of likely N-dealkylation sites (N-methyl/N-ethyl adjacent to an activating group) is 1. The van der Waals surface area contributed by atoms with Crippen molar-refractivity contribution >= 4 is 29.6 Å². The number of hydrogen-bond donors (Lipinski definition) is 4. The lowest BCUT2D eigenvalue weighted by Gasteiger charge is -2.41. The number of halogens is 1. The average molecular weight is 734 g/mol. The van der Waals surface area contributed by atoms with Gasteiger partial charge in [-0.3, -0.25) is 19.2 Å². The smallest absolute Gasteiger partial charge is 0.326 e. The third-order valence-corrected chi connectivity index (χ3v) is 10.9. The molecule has 2 saturated heterocycles. The molecule has 4 amide bonds. The lowest BCUT2D eigenvalue weighted by atomic mass is 9.89.